The van der Waals surface area contributed by atoms with Crippen molar-refractivity contribution in [2.45, 2.75) is 40.5 Å². The first-order valence-corrected chi connectivity index (χ1v) is 5.99. The molecule has 1 rings (SSSR count). The van der Waals surface area contributed by atoms with E-state index in [1.165, 1.54) is 6.33 Å². The average molecular weight is 236 g/mol. The number of hydrogen-bond donors (Lipinski definition) is 0. The number of ketones is 1. The lowest BCUT2D eigenvalue weighted by Crippen LogP contribution is -2.10. The van der Waals surface area contributed by atoms with Crippen LogP contribution in [0.2, 0.25) is 0 Å². The smallest absolute Gasteiger partial charge is 0.219 e. The van der Waals surface area contributed by atoms with Crippen LogP contribution in [0.4, 0.5) is 0 Å². The van der Waals surface area contributed by atoms with Crippen molar-refractivity contribution >= 4 is 5.78 Å². The predicted molar refractivity (Wildman–Crippen MR) is 66.1 cm³/mol. The van der Waals surface area contributed by atoms with E-state index in [9.17, 15) is 4.79 Å². The maximum atomic E-state index is 11.7. The number of ether oxygens (including phenoxy) is 1. The van der Waals surface area contributed by atoms with Crippen LogP contribution in [0.25, 0.3) is 0 Å². The molecule has 0 aromatic carbocycles. The second-order valence-corrected chi connectivity index (χ2v) is 4.50. The lowest BCUT2D eigenvalue weighted by molar-refractivity contribution is -0.119. The largest absolute Gasteiger partial charge is 0.478 e. The third-order valence-corrected chi connectivity index (χ3v) is 2.42. The molecule has 0 N–H and O–H groups in total. The van der Waals surface area contributed by atoms with Gasteiger partial charge in [0.05, 0.1) is 12.3 Å². The fraction of sp³-hybridized carbons (Fsp3) is 0.615. The Hall–Kier alpha value is -1.45. The topological polar surface area (TPSA) is 52.1 Å². The standard InChI is InChI=1S/C13H20N2O2/c1-5-17-13-10(4)12(14-8-15-13)7-11(16)6-9(2)3/h8-9H,5-7H2,1-4H3. The van der Waals surface area contributed by atoms with Gasteiger partial charge < -0.3 is 4.74 Å². The van der Waals surface area contributed by atoms with Crippen LogP contribution in [0, 0.1) is 12.8 Å². The van der Waals surface area contributed by atoms with Gasteiger partial charge in [0.15, 0.2) is 0 Å². The number of Topliss-reactive ketones (excluding diaryl/α,β-unsaturated/α-hetero) is 1. The molecule has 1 heterocycles. The van der Waals surface area contributed by atoms with Crippen LogP contribution in [-0.4, -0.2) is 22.4 Å². The van der Waals surface area contributed by atoms with E-state index in [0.29, 0.717) is 31.2 Å². The van der Waals surface area contributed by atoms with Crippen LogP contribution in [0.15, 0.2) is 6.33 Å². The predicted octanol–water partition coefficient (Wildman–Crippen LogP) is 2.34. The van der Waals surface area contributed by atoms with Crippen LogP contribution in [0.3, 0.4) is 0 Å². The minimum Gasteiger partial charge on any atom is -0.478 e. The summed E-state index contributed by atoms with van der Waals surface area (Å²) in [6.07, 6.45) is 2.41. The molecule has 94 valence electrons. The zero-order valence-electron chi connectivity index (χ0n) is 11.0. The molecule has 4 nitrogen and oxygen atoms in total. The van der Waals surface area contributed by atoms with E-state index in [-0.39, 0.29) is 5.78 Å². The summed E-state index contributed by atoms with van der Waals surface area (Å²) in [7, 11) is 0. The van der Waals surface area contributed by atoms with E-state index >= 15 is 0 Å². The number of hydrogen-bond acceptors (Lipinski definition) is 4. The first-order chi connectivity index (χ1) is 8.04. The van der Waals surface area contributed by atoms with Gasteiger partial charge in [0.25, 0.3) is 0 Å². The van der Waals surface area contributed by atoms with Gasteiger partial charge in [-0.2, -0.15) is 0 Å². The van der Waals surface area contributed by atoms with E-state index in [4.69, 9.17) is 4.74 Å². The zero-order chi connectivity index (χ0) is 12.8. The van der Waals surface area contributed by atoms with E-state index in [0.717, 1.165) is 11.3 Å². The highest BCUT2D eigenvalue weighted by atomic mass is 16.5. The lowest BCUT2D eigenvalue weighted by Gasteiger charge is -2.09. The van der Waals surface area contributed by atoms with Gasteiger partial charge >= 0.3 is 0 Å². The Labute approximate surface area is 102 Å². The van der Waals surface area contributed by atoms with Crippen LogP contribution in [0.1, 0.15) is 38.4 Å². The number of rotatable bonds is 6. The summed E-state index contributed by atoms with van der Waals surface area (Å²) in [6, 6.07) is 0. The minimum atomic E-state index is 0.212. The van der Waals surface area contributed by atoms with Crippen molar-refractivity contribution in [3.63, 3.8) is 0 Å². The van der Waals surface area contributed by atoms with Crippen LogP contribution in [0.5, 0.6) is 5.88 Å². The quantitative estimate of drug-likeness (QED) is 0.760. The van der Waals surface area contributed by atoms with Crippen LogP contribution in [-0.2, 0) is 11.2 Å². The summed E-state index contributed by atoms with van der Waals surface area (Å²) < 4.78 is 5.38. The Morgan fingerprint density at radius 1 is 1.41 bits per heavy atom. The van der Waals surface area contributed by atoms with E-state index in [1.54, 1.807) is 0 Å². The van der Waals surface area contributed by atoms with Crippen molar-refractivity contribution in [1.82, 2.24) is 9.97 Å². The fourth-order valence-electron chi connectivity index (χ4n) is 1.64. The van der Waals surface area contributed by atoms with Crippen molar-refractivity contribution in [1.29, 1.82) is 0 Å². The number of carbonyl (C=O) groups excluding carboxylic acids is 1. The molecule has 0 aliphatic rings. The van der Waals surface area contributed by atoms with Gasteiger partial charge in [-0.1, -0.05) is 13.8 Å². The molecule has 0 spiro atoms. The summed E-state index contributed by atoms with van der Waals surface area (Å²) in [5, 5.41) is 0. The van der Waals surface area contributed by atoms with E-state index < -0.39 is 0 Å². The Balaban J connectivity index is 2.77. The molecular weight excluding hydrogens is 216 g/mol. The second-order valence-electron chi connectivity index (χ2n) is 4.50. The SMILES string of the molecule is CCOc1ncnc(CC(=O)CC(C)C)c1C. The zero-order valence-corrected chi connectivity index (χ0v) is 11.0. The molecule has 4 heteroatoms. The maximum Gasteiger partial charge on any atom is 0.219 e. The van der Waals surface area contributed by atoms with Gasteiger partial charge in [0, 0.05) is 18.4 Å². The maximum absolute atomic E-state index is 11.7. The van der Waals surface area contributed by atoms with Gasteiger partial charge in [-0.3, -0.25) is 4.79 Å². The first-order valence-electron chi connectivity index (χ1n) is 5.99. The molecule has 1 aromatic rings. The summed E-state index contributed by atoms with van der Waals surface area (Å²) in [5.41, 5.74) is 1.64. The highest BCUT2D eigenvalue weighted by Gasteiger charge is 2.12. The number of aromatic nitrogens is 2. The Bertz CT molecular complexity index is 389. The second kappa shape index (κ2) is 6.33. The molecule has 0 fully saturated rings. The molecule has 0 aliphatic carbocycles. The first kappa shape index (κ1) is 13.6. The lowest BCUT2D eigenvalue weighted by atomic mass is 10.0. The molecule has 0 atom stereocenters. The molecule has 1 aromatic heterocycles. The van der Waals surface area contributed by atoms with Gasteiger partial charge in [0.2, 0.25) is 5.88 Å². The van der Waals surface area contributed by atoms with Crippen molar-refractivity contribution in [2.75, 3.05) is 6.61 Å². The highest BCUT2D eigenvalue weighted by Crippen LogP contribution is 2.17. The molecule has 0 radical (unpaired) electrons. The molecule has 0 saturated heterocycles. The highest BCUT2D eigenvalue weighted by molar-refractivity contribution is 5.81. The Morgan fingerprint density at radius 3 is 2.71 bits per heavy atom. The van der Waals surface area contributed by atoms with E-state index in [1.807, 2.05) is 27.7 Å². The van der Waals surface area contributed by atoms with Crippen LogP contribution < -0.4 is 4.74 Å². The summed E-state index contributed by atoms with van der Waals surface area (Å²) in [5.74, 6) is 1.18. The van der Waals surface area contributed by atoms with Crippen molar-refractivity contribution in [2.24, 2.45) is 5.92 Å². The summed E-state index contributed by atoms with van der Waals surface area (Å²) in [4.78, 5) is 20.0. The van der Waals surface area contributed by atoms with Gasteiger partial charge in [-0.15, -0.1) is 0 Å². The van der Waals surface area contributed by atoms with Gasteiger partial charge in [-0.05, 0) is 19.8 Å². The van der Waals surface area contributed by atoms with E-state index in [2.05, 4.69) is 9.97 Å². The van der Waals surface area contributed by atoms with Crippen LogP contribution >= 0.6 is 0 Å². The molecule has 17 heavy (non-hydrogen) atoms. The molecule has 0 aliphatic heterocycles. The molecule has 0 saturated carbocycles. The third kappa shape index (κ3) is 4.13. The molecule has 0 bridgehead atoms. The molecule has 0 unspecified atom stereocenters. The molecule has 0 amide bonds. The number of carbonyl (C=O) groups is 1. The minimum absolute atomic E-state index is 0.212. The Morgan fingerprint density at radius 2 is 2.12 bits per heavy atom. The third-order valence-electron chi connectivity index (χ3n) is 2.42. The van der Waals surface area contributed by atoms with Gasteiger partial charge in [0.1, 0.15) is 12.1 Å². The number of nitrogens with zero attached hydrogens (tertiary/aromatic N) is 2. The fourth-order valence-corrected chi connectivity index (χ4v) is 1.64. The van der Waals surface area contributed by atoms with Crippen molar-refractivity contribution in [3.8, 4) is 5.88 Å². The average Bonchev–Trinajstić information content (AvgIpc) is 2.23. The van der Waals surface area contributed by atoms with Crippen molar-refractivity contribution < 1.29 is 9.53 Å². The summed E-state index contributed by atoms with van der Waals surface area (Å²) in [6.45, 7) is 8.44. The molecular formula is C13H20N2O2. The monoisotopic (exact) mass is 236 g/mol. The summed E-state index contributed by atoms with van der Waals surface area (Å²) >= 11 is 0. The Kier molecular flexibility index (Phi) is 5.07. The van der Waals surface area contributed by atoms with Crippen molar-refractivity contribution in [3.05, 3.63) is 17.6 Å². The van der Waals surface area contributed by atoms with Gasteiger partial charge in [-0.25, -0.2) is 9.97 Å². The normalized spacial score (nSPS) is 10.6.